The molecule has 2 aromatic rings. The van der Waals surface area contributed by atoms with Gasteiger partial charge in [0.1, 0.15) is 5.75 Å². The fourth-order valence-corrected chi connectivity index (χ4v) is 3.53. The molecule has 0 aromatic heterocycles. The second kappa shape index (κ2) is 7.17. The van der Waals surface area contributed by atoms with Crippen molar-refractivity contribution in [1.82, 2.24) is 0 Å². The van der Waals surface area contributed by atoms with E-state index in [0.717, 1.165) is 16.3 Å². The van der Waals surface area contributed by atoms with Crippen LogP contribution in [-0.4, -0.2) is 25.4 Å². The molecule has 0 amide bonds. The summed E-state index contributed by atoms with van der Waals surface area (Å²) >= 11 is 0. The van der Waals surface area contributed by atoms with Gasteiger partial charge in [0.05, 0.1) is 24.7 Å². The van der Waals surface area contributed by atoms with Gasteiger partial charge in [-0.3, -0.25) is 0 Å². The van der Waals surface area contributed by atoms with E-state index in [1.165, 1.54) is 7.11 Å². The van der Waals surface area contributed by atoms with Gasteiger partial charge in [0.25, 0.3) is 0 Å². The van der Waals surface area contributed by atoms with Gasteiger partial charge in [-0.25, -0.2) is 4.79 Å². The van der Waals surface area contributed by atoms with Gasteiger partial charge in [0.2, 0.25) is 0 Å². The molecular weight excluding hydrogens is 345 g/mol. The fourth-order valence-electron chi connectivity index (χ4n) is 3.53. The Morgan fingerprint density at radius 2 is 1.77 bits per heavy atom. The number of aryl methyl sites for hydroxylation is 1. The molecule has 1 aliphatic rings. The van der Waals surface area contributed by atoms with Gasteiger partial charge in [-0.05, 0) is 67.1 Å². The molecule has 1 saturated carbocycles. The summed E-state index contributed by atoms with van der Waals surface area (Å²) in [6, 6.07) is 8.95. The Morgan fingerprint density at radius 3 is 2.38 bits per heavy atom. The molecule has 0 unspecified atom stereocenters. The van der Waals surface area contributed by atoms with E-state index >= 15 is 0 Å². The van der Waals surface area contributed by atoms with Crippen LogP contribution >= 0.6 is 0 Å². The Kier molecular flexibility index (Phi) is 5.12. The molecule has 0 aliphatic heterocycles. The Labute approximate surface area is 150 Å². The van der Waals surface area contributed by atoms with Crippen molar-refractivity contribution >= 4 is 16.7 Å². The van der Waals surface area contributed by atoms with Crippen LogP contribution in [0.3, 0.4) is 0 Å². The van der Waals surface area contributed by atoms with Gasteiger partial charge in [0.15, 0.2) is 0 Å². The highest BCUT2D eigenvalue weighted by atomic mass is 19.4. The quantitative estimate of drug-likeness (QED) is 0.679. The molecule has 26 heavy (non-hydrogen) atoms. The summed E-state index contributed by atoms with van der Waals surface area (Å²) in [4.78, 5) is 11.6. The summed E-state index contributed by atoms with van der Waals surface area (Å²) in [5.74, 6) is -0.929. The van der Waals surface area contributed by atoms with Crippen LogP contribution in [0.25, 0.3) is 10.8 Å². The van der Waals surface area contributed by atoms with Crippen molar-refractivity contribution in [2.24, 2.45) is 5.92 Å². The maximum Gasteiger partial charge on any atom is 0.391 e. The minimum Gasteiger partial charge on any atom is -0.490 e. The molecule has 6 heteroatoms. The van der Waals surface area contributed by atoms with Crippen molar-refractivity contribution in [1.29, 1.82) is 0 Å². The lowest BCUT2D eigenvalue weighted by Gasteiger charge is -2.30. The van der Waals surface area contributed by atoms with E-state index in [-0.39, 0.29) is 18.9 Å². The van der Waals surface area contributed by atoms with Crippen LogP contribution in [-0.2, 0) is 4.74 Å². The molecule has 0 N–H and O–H groups in total. The lowest BCUT2D eigenvalue weighted by Crippen LogP contribution is -2.31. The van der Waals surface area contributed by atoms with E-state index in [4.69, 9.17) is 9.47 Å². The average Bonchev–Trinajstić information content (AvgIpc) is 2.63. The highest BCUT2D eigenvalue weighted by Gasteiger charge is 2.41. The zero-order valence-corrected chi connectivity index (χ0v) is 14.7. The summed E-state index contributed by atoms with van der Waals surface area (Å²) in [7, 11) is 1.34. The first-order valence-corrected chi connectivity index (χ1v) is 8.64. The molecule has 0 heterocycles. The Bertz CT molecular complexity index is 806. The van der Waals surface area contributed by atoms with Crippen molar-refractivity contribution < 1.29 is 27.4 Å². The summed E-state index contributed by atoms with van der Waals surface area (Å²) < 4.78 is 49.0. The molecule has 0 atom stereocenters. The van der Waals surface area contributed by atoms with E-state index in [0.29, 0.717) is 24.2 Å². The average molecular weight is 366 g/mol. The third kappa shape index (κ3) is 3.79. The highest BCUT2D eigenvalue weighted by molar-refractivity contribution is 5.96. The van der Waals surface area contributed by atoms with E-state index in [1.54, 1.807) is 12.1 Å². The molecule has 2 aromatic carbocycles. The third-order valence-corrected chi connectivity index (χ3v) is 5.09. The van der Waals surface area contributed by atoms with Crippen molar-refractivity contribution in [3.05, 3.63) is 41.5 Å². The van der Waals surface area contributed by atoms with Crippen LogP contribution < -0.4 is 4.74 Å². The number of hydrogen-bond donors (Lipinski definition) is 0. The predicted molar refractivity (Wildman–Crippen MR) is 92.5 cm³/mol. The third-order valence-electron chi connectivity index (χ3n) is 5.09. The van der Waals surface area contributed by atoms with Gasteiger partial charge in [-0.1, -0.05) is 12.1 Å². The molecule has 0 bridgehead atoms. The van der Waals surface area contributed by atoms with Gasteiger partial charge in [0, 0.05) is 0 Å². The van der Waals surface area contributed by atoms with Gasteiger partial charge >= 0.3 is 12.1 Å². The standard InChI is InChI=1S/C20H21F3O3/c1-12-17-9-3-14(19(24)25-2)11-13(17)4-10-18(12)26-16-7-5-15(6-8-16)20(21,22)23/h3-4,9-11,15-16H,5-8H2,1-2H3. The number of benzene rings is 2. The summed E-state index contributed by atoms with van der Waals surface area (Å²) in [5, 5.41) is 1.83. The number of rotatable bonds is 3. The van der Waals surface area contributed by atoms with Gasteiger partial charge in [-0.2, -0.15) is 13.2 Å². The van der Waals surface area contributed by atoms with Crippen molar-refractivity contribution in [2.45, 2.75) is 44.9 Å². The summed E-state index contributed by atoms with van der Waals surface area (Å²) in [6.45, 7) is 1.91. The van der Waals surface area contributed by atoms with Crippen LogP contribution in [0.4, 0.5) is 13.2 Å². The first-order valence-electron chi connectivity index (χ1n) is 8.64. The van der Waals surface area contributed by atoms with Crippen LogP contribution in [0.15, 0.2) is 30.3 Å². The molecular formula is C20H21F3O3. The van der Waals surface area contributed by atoms with Crippen molar-refractivity contribution in [3.8, 4) is 5.75 Å². The number of methoxy groups -OCH3 is 1. The van der Waals surface area contributed by atoms with E-state index in [9.17, 15) is 18.0 Å². The molecule has 0 saturated heterocycles. The van der Waals surface area contributed by atoms with Gasteiger partial charge in [-0.15, -0.1) is 0 Å². The monoisotopic (exact) mass is 366 g/mol. The second-order valence-electron chi connectivity index (χ2n) is 6.75. The molecule has 3 rings (SSSR count). The number of hydrogen-bond acceptors (Lipinski definition) is 3. The van der Waals surface area contributed by atoms with E-state index in [1.807, 2.05) is 25.1 Å². The topological polar surface area (TPSA) is 35.5 Å². The Balaban J connectivity index is 1.75. The maximum absolute atomic E-state index is 12.8. The maximum atomic E-state index is 12.8. The molecule has 0 radical (unpaired) electrons. The van der Waals surface area contributed by atoms with Crippen LogP contribution in [0.5, 0.6) is 5.75 Å². The molecule has 1 fully saturated rings. The zero-order chi connectivity index (χ0) is 18.9. The number of alkyl halides is 3. The lowest BCUT2D eigenvalue weighted by molar-refractivity contribution is -0.185. The number of halogens is 3. The normalized spacial score (nSPS) is 20.8. The number of ether oxygens (including phenoxy) is 2. The zero-order valence-electron chi connectivity index (χ0n) is 14.7. The first kappa shape index (κ1) is 18.5. The van der Waals surface area contributed by atoms with E-state index < -0.39 is 18.1 Å². The highest BCUT2D eigenvalue weighted by Crippen LogP contribution is 2.39. The Morgan fingerprint density at radius 1 is 1.08 bits per heavy atom. The molecule has 0 spiro atoms. The fraction of sp³-hybridized carbons (Fsp3) is 0.450. The number of carbonyl (C=O) groups excluding carboxylic acids is 1. The SMILES string of the molecule is COC(=O)c1ccc2c(C)c(OC3CCC(C(F)(F)F)CC3)ccc2c1. The summed E-state index contributed by atoms with van der Waals surface area (Å²) in [5.41, 5.74) is 1.38. The molecule has 140 valence electrons. The minimum absolute atomic E-state index is 0.114. The Hall–Kier alpha value is -2.24. The number of fused-ring (bicyclic) bond motifs is 1. The van der Waals surface area contributed by atoms with Crippen LogP contribution in [0, 0.1) is 12.8 Å². The minimum atomic E-state index is -4.11. The van der Waals surface area contributed by atoms with Crippen LogP contribution in [0.2, 0.25) is 0 Å². The molecule has 1 aliphatic carbocycles. The molecule has 3 nitrogen and oxygen atoms in total. The predicted octanol–water partition coefficient (Wildman–Crippen LogP) is 5.43. The number of esters is 1. The largest absolute Gasteiger partial charge is 0.490 e. The first-order chi connectivity index (χ1) is 12.3. The number of carbonyl (C=O) groups is 1. The smallest absolute Gasteiger partial charge is 0.391 e. The van der Waals surface area contributed by atoms with Crippen molar-refractivity contribution in [3.63, 3.8) is 0 Å². The van der Waals surface area contributed by atoms with Crippen LogP contribution in [0.1, 0.15) is 41.6 Å². The van der Waals surface area contributed by atoms with E-state index in [2.05, 4.69) is 0 Å². The summed E-state index contributed by atoms with van der Waals surface area (Å²) in [6.07, 6.45) is -3.27. The second-order valence-corrected chi connectivity index (χ2v) is 6.75. The van der Waals surface area contributed by atoms with Gasteiger partial charge < -0.3 is 9.47 Å². The lowest BCUT2D eigenvalue weighted by atomic mass is 9.87. The van der Waals surface area contributed by atoms with Crippen molar-refractivity contribution in [2.75, 3.05) is 7.11 Å².